The van der Waals surface area contributed by atoms with Crippen LogP contribution in [-0.4, -0.2) is 0 Å². The van der Waals surface area contributed by atoms with Gasteiger partial charge in [0.05, 0.1) is 0 Å². The Kier molecular flexibility index (Phi) is 3.12. The average molecular weight is 241 g/mol. The molecule has 0 amide bonds. The fourth-order valence-electron chi connectivity index (χ4n) is 1.57. The first-order valence-corrected chi connectivity index (χ1v) is 5.77. The van der Waals surface area contributed by atoms with Gasteiger partial charge in [-0.1, -0.05) is 32.9 Å². The number of benzene rings is 1. The van der Waals surface area contributed by atoms with E-state index < -0.39 is 0 Å². The van der Waals surface area contributed by atoms with Gasteiger partial charge in [-0.3, -0.25) is 0 Å². The van der Waals surface area contributed by atoms with Crippen molar-refractivity contribution in [3.05, 3.63) is 47.7 Å². The summed E-state index contributed by atoms with van der Waals surface area (Å²) in [6.45, 7) is 6.48. The molecule has 0 spiro atoms. The predicted molar refractivity (Wildman–Crippen MR) is 68.6 cm³/mol. The first-order chi connectivity index (χ1) is 8.49. The number of hydrogen-bond donors (Lipinski definition) is 0. The molecule has 2 rings (SSSR count). The van der Waals surface area contributed by atoms with Crippen molar-refractivity contribution in [3.63, 3.8) is 0 Å². The van der Waals surface area contributed by atoms with Crippen molar-refractivity contribution in [2.45, 2.75) is 26.2 Å². The van der Waals surface area contributed by atoms with Crippen LogP contribution in [0.2, 0.25) is 0 Å². The zero-order valence-electron chi connectivity index (χ0n) is 10.7. The summed E-state index contributed by atoms with van der Waals surface area (Å²) in [4.78, 5) is 0. The van der Waals surface area contributed by atoms with Crippen molar-refractivity contribution in [2.75, 3.05) is 0 Å². The monoisotopic (exact) mass is 241 g/mol. The maximum Gasteiger partial charge on any atom is 0.291 e. The molecule has 0 N–H and O–H groups in total. The lowest BCUT2D eigenvalue weighted by atomic mass is 9.87. The average Bonchev–Trinajstić information content (AvgIpc) is 2.76. The lowest BCUT2D eigenvalue weighted by Crippen LogP contribution is -2.10. The normalized spacial score (nSPS) is 11.0. The van der Waals surface area contributed by atoms with Gasteiger partial charge < -0.3 is 9.15 Å². The molecule has 0 unspecified atom stereocenters. The summed E-state index contributed by atoms with van der Waals surface area (Å²) in [5.74, 6) is 1.27. The summed E-state index contributed by atoms with van der Waals surface area (Å²) in [5.41, 5.74) is 1.36. The van der Waals surface area contributed by atoms with E-state index in [0.717, 1.165) is 0 Å². The van der Waals surface area contributed by atoms with Crippen LogP contribution in [0.15, 0.2) is 40.8 Å². The van der Waals surface area contributed by atoms with Crippen LogP contribution in [0.1, 0.15) is 32.1 Å². The molecule has 0 aliphatic carbocycles. The Morgan fingerprint density at radius 2 is 1.72 bits per heavy atom. The molecule has 92 valence electrons. The molecular formula is C15H15NO2. The molecule has 18 heavy (non-hydrogen) atoms. The summed E-state index contributed by atoms with van der Waals surface area (Å²) in [6, 6.07) is 13.0. The van der Waals surface area contributed by atoms with E-state index in [2.05, 4.69) is 20.8 Å². The topological polar surface area (TPSA) is 46.2 Å². The van der Waals surface area contributed by atoms with E-state index in [1.165, 1.54) is 5.56 Å². The molecule has 1 aromatic carbocycles. The molecule has 0 saturated heterocycles. The summed E-state index contributed by atoms with van der Waals surface area (Å²) in [7, 11) is 0. The maximum atomic E-state index is 8.64. The van der Waals surface area contributed by atoms with Gasteiger partial charge in [0.25, 0.3) is 5.95 Å². The molecule has 0 fully saturated rings. The second-order valence-electron chi connectivity index (χ2n) is 5.11. The first kappa shape index (κ1) is 12.3. The van der Waals surface area contributed by atoms with E-state index in [-0.39, 0.29) is 11.2 Å². The Hall–Kier alpha value is -2.21. The predicted octanol–water partition coefficient (Wildman–Crippen LogP) is 4.24. The molecule has 1 aromatic heterocycles. The van der Waals surface area contributed by atoms with E-state index >= 15 is 0 Å². The minimum atomic E-state index is 0.122. The van der Waals surface area contributed by atoms with Crippen LogP contribution in [0.4, 0.5) is 0 Å². The number of nitriles is 1. The van der Waals surface area contributed by atoms with Crippen molar-refractivity contribution in [1.82, 2.24) is 0 Å². The van der Waals surface area contributed by atoms with Gasteiger partial charge in [0.1, 0.15) is 11.8 Å². The zero-order valence-corrected chi connectivity index (χ0v) is 10.7. The van der Waals surface area contributed by atoms with Gasteiger partial charge in [-0.2, -0.15) is 5.26 Å². The standard InChI is InChI=1S/C15H15NO2/c1-15(2,3)11-4-6-12(7-5-11)17-14-9-8-13(10-16)18-14/h4-9H,1-3H3. The summed E-state index contributed by atoms with van der Waals surface area (Å²) < 4.78 is 10.7. The quantitative estimate of drug-likeness (QED) is 0.789. The van der Waals surface area contributed by atoms with E-state index in [0.29, 0.717) is 11.7 Å². The molecule has 0 bridgehead atoms. The maximum absolute atomic E-state index is 8.64. The second kappa shape index (κ2) is 4.58. The molecule has 1 heterocycles. The zero-order chi connectivity index (χ0) is 13.2. The van der Waals surface area contributed by atoms with Gasteiger partial charge in [-0.15, -0.1) is 0 Å². The van der Waals surface area contributed by atoms with Crippen molar-refractivity contribution < 1.29 is 9.15 Å². The van der Waals surface area contributed by atoms with Gasteiger partial charge >= 0.3 is 0 Å². The van der Waals surface area contributed by atoms with Gasteiger partial charge in [0, 0.05) is 6.07 Å². The van der Waals surface area contributed by atoms with E-state index in [1.807, 2.05) is 30.3 Å². The molecule has 2 aromatic rings. The van der Waals surface area contributed by atoms with Gasteiger partial charge in [-0.05, 0) is 29.2 Å². The highest BCUT2D eigenvalue weighted by molar-refractivity contribution is 5.33. The molecule has 0 aliphatic rings. The Morgan fingerprint density at radius 1 is 1.06 bits per heavy atom. The van der Waals surface area contributed by atoms with Crippen LogP contribution in [0.5, 0.6) is 11.7 Å². The first-order valence-electron chi connectivity index (χ1n) is 5.77. The smallest absolute Gasteiger partial charge is 0.291 e. The number of hydrogen-bond acceptors (Lipinski definition) is 3. The number of furan rings is 1. The van der Waals surface area contributed by atoms with Gasteiger partial charge in [-0.25, -0.2) is 0 Å². The van der Waals surface area contributed by atoms with Crippen molar-refractivity contribution in [2.24, 2.45) is 0 Å². The van der Waals surface area contributed by atoms with Crippen molar-refractivity contribution in [1.29, 1.82) is 5.26 Å². The van der Waals surface area contributed by atoms with Gasteiger partial charge in [0.15, 0.2) is 0 Å². The number of ether oxygens (including phenoxy) is 1. The summed E-state index contributed by atoms with van der Waals surface area (Å²) >= 11 is 0. The largest absolute Gasteiger partial charge is 0.426 e. The van der Waals surface area contributed by atoms with Crippen LogP contribution in [-0.2, 0) is 5.41 Å². The molecule has 0 atom stereocenters. The molecule has 0 aliphatic heterocycles. The van der Waals surface area contributed by atoms with E-state index in [4.69, 9.17) is 14.4 Å². The minimum Gasteiger partial charge on any atom is -0.426 e. The fourth-order valence-corrected chi connectivity index (χ4v) is 1.57. The Balaban J connectivity index is 2.14. The van der Waals surface area contributed by atoms with Crippen molar-refractivity contribution in [3.8, 4) is 17.8 Å². The van der Waals surface area contributed by atoms with Gasteiger partial charge in [0.2, 0.25) is 5.76 Å². The molecule has 3 nitrogen and oxygen atoms in total. The Labute approximate surface area is 107 Å². The molecule has 0 radical (unpaired) electrons. The second-order valence-corrected chi connectivity index (χ2v) is 5.11. The van der Waals surface area contributed by atoms with Crippen molar-refractivity contribution >= 4 is 0 Å². The Morgan fingerprint density at radius 3 is 2.22 bits per heavy atom. The van der Waals surface area contributed by atoms with E-state index in [1.54, 1.807) is 12.1 Å². The SMILES string of the molecule is CC(C)(C)c1ccc(Oc2ccc(C#N)o2)cc1. The number of nitrogens with zero attached hydrogens (tertiary/aromatic N) is 1. The van der Waals surface area contributed by atoms with Crippen LogP contribution in [0.25, 0.3) is 0 Å². The van der Waals surface area contributed by atoms with Crippen LogP contribution in [0, 0.1) is 11.3 Å². The number of rotatable bonds is 2. The summed E-state index contributed by atoms with van der Waals surface area (Å²) in [5, 5.41) is 8.64. The van der Waals surface area contributed by atoms with Crippen LogP contribution >= 0.6 is 0 Å². The highest BCUT2D eigenvalue weighted by Crippen LogP contribution is 2.27. The van der Waals surface area contributed by atoms with Crippen LogP contribution in [0.3, 0.4) is 0 Å². The Bertz CT molecular complexity index is 568. The molecular weight excluding hydrogens is 226 g/mol. The minimum absolute atomic E-state index is 0.122. The fraction of sp³-hybridized carbons (Fsp3) is 0.267. The highest BCUT2D eigenvalue weighted by atomic mass is 16.6. The third kappa shape index (κ3) is 2.72. The molecule has 0 saturated carbocycles. The van der Waals surface area contributed by atoms with E-state index in [9.17, 15) is 0 Å². The van der Waals surface area contributed by atoms with Crippen LogP contribution < -0.4 is 4.74 Å². The lowest BCUT2D eigenvalue weighted by molar-refractivity contribution is 0.343. The lowest BCUT2D eigenvalue weighted by Gasteiger charge is -2.18. The molecule has 3 heteroatoms. The summed E-state index contributed by atoms with van der Waals surface area (Å²) in [6.07, 6.45) is 0. The third-order valence-corrected chi connectivity index (χ3v) is 2.63. The highest BCUT2D eigenvalue weighted by Gasteiger charge is 2.13. The third-order valence-electron chi connectivity index (χ3n) is 2.63.